The summed E-state index contributed by atoms with van der Waals surface area (Å²) >= 11 is 6.12. The fourth-order valence-electron chi connectivity index (χ4n) is 4.92. The minimum atomic E-state index is -0.798. The number of hydrogen-bond donors (Lipinski definition) is 2. The molecule has 8 heteroatoms. The number of ether oxygens (including phenoxy) is 2. The van der Waals surface area contributed by atoms with E-state index in [1.54, 1.807) is 48.2 Å². The summed E-state index contributed by atoms with van der Waals surface area (Å²) < 4.78 is 10.6. The second-order valence-electron chi connectivity index (χ2n) is 9.50. The molecule has 1 aliphatic heterocycles. The lowest BCUT2D eigenvalue weighted by atomic mass is 9.68. The summed E-state index contributed by atoms with van der Waals surface area (Å²) in [5.41, 5.74) is 8.99. The number of benzene rings is 2. The van der Waals surface area contributed by atoms with Crippen molar-refractivity contribution in [3.63, 3.8) is 0 Å². The zero-order chi connectivity index (χ0) is 25.5. The monoisotopic (exact) mass is 496 g/mol. The number of phenolic OH excluding ortho intramolecular Hbond substituents is 1. The van der Waals surface area contributed by atoms with E-state index < -0.39 is 11.9 Å². The third-order valence-corrected chi connectivity index (χ3v) is 6.63. The zero-order valence-corrected chi connectivity index (χ0v) is 21.0. The quantitative estimate of drug-likeness (QED) is 0.559. The molecule has 35 heavy (non-hydrogen) atoms. The van der Waals surface area contributed by atoms with Crippen molar-refractivity contribution in [3.05, 3.63) is 75.7 Å². The number of hydrogen-bond acceptors (Lipinski definition) is 7. The maximum Gasteiger partial charge on any atom is 0.338 e. The number of rotatable bonds is 5. The van der Waals surface area contributed by atoms with Crippen molar-refractivity contribution in [2.24, 2.45) is 11.1 Å². The van der Waals surface area contributed by atoms with Crippen LogP contribution in [0.5, 0.6) is 11.5 Å². The zero-order valence-electron chi connectivity index (χ0n) is 20.2. The van der Waals surface area contributed by atoms with Gasteiger partial charge in [0.1, 0.15) is 5.82 Å². The van der Waals surface area contributed by atoms with Gasteiger partial charge in [-0.1, -0.05) is 31.5 Å². The van der Waals surface area contributed by atoms with E-state index in [0.29, 0.717) is 34.7 Å². The van der Waals surface area contributed by atoms with E-state index in [4.69, 9.17) is 26.8 Å². The maximum atomic E-state index is 13.7. The Morgan fingerprint density at radius 1 is 1.20 bits per heavy atom. The van der Waals surface area contributed by atoms with Crippen LogP contribution in [0.4, 0.5) is 5.69 Å². The van der Waals surface area contributed by atoms with Crippen molar-refractivity contribution in [1.82, 2.24) is 0 Å². The Morgan fingerprint density at radius 3 is 2.49 bits per heavy atom. The van der Waals surface area contributed by atoms with E-state index in [1.807, 2.05) is 13.8 Å². The van der Waals surface area contributed by atoms with Gasteiger partial charge < -0.3 is 20.3 Å². The van der Waals surface area contributed by atoms with Gasteiger partial charge in [-0.3, -0.25) is 9.69 Å². The summed E-state index contributed by atoms with van der Waals surface area (Å²) in [6.07, 6.45) is 0.876. The number of carbonyl (C=O) groups is 2. The number of ketones is 1. The first-order valence-electron chi connectivity index (χ1n) is 11.4. The van der Waals surface area contributed by atoms with Gasteiger partial charge in [-0.25, -0.2) is 4.79 Å². The summed E-state index contributed by atoms with van der Waals surface area (Å²) in [6.45, 7) is 5.92. The van der Waals surface area contributed by atoms with Crippen LogP contribution in [0, 0.1) is 5.41 Å². The summed E-state index contributed by atoms with van der Waals surface area (Å²) in [5.74, 6) is -1.13. The standard InChI is InChI=1S/C27H29ClN2O5/c1-5-35-26(33)24-22(15-6-11-21(34-4)19(31)12-15)23-18(13-27(2,3)14-20(23)32)30(25(24)29)17-9-7-16(28)8-10-17/h6-12,22,31H,5,13-14,29H2,1-4H3. The molecule has 1 atom stereocenters. The molecule has 1 unspecified atom stereocenters. The van der Waals surface area contributed by atoms with Crippen LogP contribution in [0.25, 0.3) is 0 Å². The highest BCUT2D eigenvalue weighted by molar-refractivity contribution is 6.30. The van der Waals surface area contributed by atoms with Crippen LogP contribution in [0.1, 0.15) is 45.1 Å². The number of Topliss-reactive ketones (excluding diaryl/α,β-unsaturated/α-hetero) is 1. The van der Waals surface area contributed by atoms with Gasteiger partial charge in [-0.2, -0.15) is 0 Å². The number of phenols is 1. The third-order valence-electron chi connectivity index (χ3n) is 6.38. The molecule has 0 bridgehead atoms. The van der Waals surface area contributed by atoms with Gasteiger partial charge in [-0.15, -0.1) is 0 Å². The second-order valence-corrected chi connectivity index (χ2v) is 9.93. The average molecular weight is 497 g/mol. The number of nitrogens with two attached hydrogens (primary N) is 1. The SMILES string of the molecule is CCOC(=O)C1=C(N)N(c2ccc(Cl)cc2)C2=C(C(=O)CC(C)(C)C2)C1c1ccc(OC)c(O)c1. The van der Waals surface area contributed by atoms with Crippen molar-refractivity contribution in [1.29, 1.82) is 0 Å². The number of aromatic hydroxyl groups is 1. The van der Waals surface area contributed by atoms with Crippen LogP contribution >= 0.6 is 11.6 Å². The molecular weight excluding hydrogens is 468 g/mol. The van der Waals surface area contributed by atoms with Gasteiger partial charge in [0.05, 0.1) is 25.2 Å². The van der Waals surface area contributed by atoms with Gasteiger partial charge in [0.15, 0.2) is 17.3 Å². The highest BCUT2D eigenvalue weighted by atomic mass is 35.5. The number of nitrogens with zero attached hydrogens (tertiary/aromatic N) is 1. The molecule has 1 aliphatic carbocycles. The molecule has 2 aliphatic rings. The molecule has 0 radical (unpaired) electrons. The lowest BCUT2D eigenvalue weighted by Crippen LogP contribution is -2.43. The van der Waals surface area contributed by atoms with Crippen LogP contribution in [0.3, 0.4) is 0 Å². The molecule has 0 spiro atoms. The fourth-order valence-corrected chi connectivity index (χ4v) is 5.05. The van der Waals surface area contributed by atoms with E-state index in [2.05, 4.69) is 0 Å². The highest BCUT2D eigenvalue weighted by Gasteiger charge is 2.46. The molecule has 0 aromatic heterocycles. The summed E-state index contributed by atoms with van der Waals surface area (Å²) in [5, 5.41) is 11.1. The third kappa shape index (κ3) is 4.48. The Balaban J connectivity index is 2.02. The maximum absolute atomic E-state index is 13.7. The first-order valence-corrected chi connectivity index (χ1v) is 11.8. The highest BCUT2D eigenvalue weighted by Crippen LogP contribution is 2.51. The summed E-state index contributed by atoms with van der Waals surface area (Å²) in [6, 6.07) is 11.9. The Bertz CT molecular complexity index is 1250. The fraction of sp³-hybridized carbons (Fsp3) is 0.333. The first kappa shape index (κ1) is 24.7. The lowest BCUT2D eigenvalue weighted by Gasteiger charge is -2.44. The van der Waals surface area contributed by atoms with E-state index >= 15 is 0 Å². The topological polar surface area (TPSA) is 102 Å². The number of halogens is 1. The number of methoxy groups -OCH3 is 1. The van der Waals surface area contributed by atoms with Crippen molar-refractivity contribution >= 4 is 29.0 Å². The Kier molecular flexibility index (Phi) is 6.56. The predicted octanol–water partition coefficient (Wildman–Crippen LogP) is 5.03. The van der Waals surface area contributed by atoms with Crippen LogP contribution in [-0.4, -0.2) is 30.6 Å². The molecule has 1 heterocycles. The largest absolute Gasteiger partial charge is 0.504 e. The van der Waals surface area contributed by atoms with Crippen LogP contribution in [0.2, 0.25) is 5.02 Å². The van der Waals surface area contributed by atoms with Crippen molar-refractivity contribution in [3.8, 4) is 11.5 Å². The Hall–Kier alpha value is -3.45. The number of anilines is 1. The molecule has 0 saturated heterocycles. The van der Waals surface area contributed by atoms with E-state index in [1.165, 1.54) is 13.2 Å². The smallest absolute Gasteiger partial charge is 0.338 e. The molecular formula is C27H29ClN2O5. The predicted molar refractivity (Wildman–Crippen MR) is 134 cm³/mol. The van der Waals surface area contributed by atoms with Gasteiger partial charge in [0, 0.05) is 28.4 Å². The van der Waals surface area contributed by atoms with Gasteiger partial charge in [0.2, 0.25) is 0 Å². The summed E-state index contributed by atoms with van der Waals surface area (Å²) in [4.78, 5) is 28.8. The molecule has 0 amide bonds. The minimum absolute atomic E-state index is 0.0789. The number of carbonyl (C=O) groups excluding carboxylic acids is 2. The summed E-state index contributed by atoms with van der Waals surface area (Å²) in [7, 11) is 1.45. The number of esters is 1. The van der Waals surface area contributed by atoms with Crippen molar-refractivity contribution in [2.45, 2.75) is 39.5 Å². The van der Waals surface area contributed by atoms with Gasteiger partial charge in [-0.05, 0) is 60.7 Å². The van der Waals surface area contributed by atoms with Crippen molar-refractivity contribution in [2.75, 3.05) is 18.6 Å². The normalized spacial score (nSPS) is 19.5. The molecule has 184 valence electrons. The van der Waals surface area contributed by atoms with Crippen LogP contribution in [0.15, 0.2) is 65.1 Å². The first-order chi connectivity index (χ1) is 16.6. The molecule has 4 rings (SSSR count). The Labute approximate surface area is 209 Å². The molecule has 0 fully saturated rings. The second kappa shape index (κ2) is 9.30. The number of allylic oxidation sites excluding steroid dienone is 2. The molecule has 2 aromatic carbocycles. The van der Waals surface area contributed by atoms with E-state index in [-0.39, 0.29) is 40.7 Å². The van der Waals surface area contributed by atoms with E-state index in [0.717, 1.165) is 5.70 Å². The van der Waals surface area contributed by atoms with Gasteiger partial charge >= 0.3 is 5.97 Å². The minimum Gasteiger partial charge on any atom is -0.504 e. The van der Waals surface area contributed by atoms with Crippen LogP contribution < -0.4 is 15.4 Å². The Morgan fingerprint density at radius 2 is 1.89 bits per heavy atom. The molecule has 2 aromatic rings. The van der Waals surface area contributed by atoms with Gasteiger partial charge in [0.25, 0.3) is 0 Å². The van der Waals surface area contributed by atoms with E-state index in [9.17, 15) is 14.7 Å². The molecule has 0 saturated carbocycles. The van der Waals surface area contributed by atoms with Crippen LogP contribution in [-0.2, 0) is 14.3 Å². The molecule has 3 N–H and O–H groups in total. The average Bonchev–Trinajstić information content (AvgIpc) is 2.78. The van der Waals surface area contributed by atoms with Crippen molar-refractivity contribution < 1.29 is 24.2 Å². The lowest BCUT2D eigenvalue weighted by molar-refractivity contribution is -0.138. The molecule has 7 nitrogen and oxygen atoms in total.